The highest BCUT2D eigenvalue weighted by Gasteiger charge is 2.27. The molecule has 34 heavy (non-hydrogen) atoms. The van der Waals surface area contributed by atoms with Gasteiger partial charge < -0.3 is 18.9 Å². The number of nitrogens with zero attached hydrogens (tertiary/aromatic N) is 3. The van der Waals surface area contributed by atoms with Crippen LogP contribution in [-0.2, 0) is 13.0 Å². The summed E-state index contributed by atoms with van der Waals surface area (Å²) in [4.78, 5) is 6.78. The molecule has 2 aromatic heterocycles. The first-order chi connectivity index (χ1) is 16.6. The summed E-state index contributed by atoms with van der Waals surface area (Å²) in [7, 11) is 3.25. The number of benzene rings is 2. The van der Waals surface area contributed by atoms with Crippen LogP contribution in [0.3, 0.4) is 0 Å². The molecule has 172 valence electrons. The summed E-state index contributed by atoms with van der Waals surface area (Å²) in [6.45, 7) is 4.96. The van der Waals surface area contributed by atoms with Crippen LogP contribution in [0.2, 0.25) is 5.02 Å². The van der Waals surface area contributed by atoms with Crippen LogP contribution >= 0.6 is 22.9 Å². The lowest BCUT2D eigenvalue weighted by Crippen LogP contribution is -2.21. The van der Waals surface area contributed by atoms with Crippen molar-refractivity contribution in [1.82, 2.24) is 10.1 Å². The molecule has 0 N–H and O–H groups in total. The van der Waals surface area contributed by atoms with Gasteiger partial charge in [-0.05, 0) is 51.7 Å². The number of aromatic nitrogens is 2. The van der Waals surface area contributed by atoms with Crippen molar-refractivity contribution < 1.29 is 14.0 Å². The first kappa shape index (κ1) is 22.3. The maximum atomic E-state index is 6.09. The Kier molecular flexibility index (Phi) is 6.13. The summed E-state index contributed by atoms with van der Waals surface area (Å²) in [5.74, 6) is 2.33. The summed E-state index contributed by atoms with van der Waals surface area (Å²) in [6.07, 6.45) is 2.59. The maximum absolute atomic E-state index is 6.09. The van der Waals surface area contributed by atoms with Crippen molar-refractivity contribution in [2.75, 3.05) is 19.1 Å². The van der Waals surface area contributed by atoms with Crippen LogP contribution in [0, 0.1) is 0 Å². The van der Waals surface area contributed by atoms with E-state index in [9.17, 15) is 0 Å². The number of hydrogen-bond acceptors (Lipinski definition) is 7. The number of allylic oxidation sites excluding steroid dienone is 2. The molecule has 8 heteroatoms. The third-order valence-corrected chi connectivity index (χ3v) is 6.64. The molecule has 1 aliphatic rings. The average Bonchev–Trinajstić information content (AvgIpc) is 3.54. The fourth-order valence-electron chi connectivity index (χ4n) is 3.91. The summed E-state index contributed by atoms with van der Waals surface area (Å²) in [6, 6.07) is 13.7. The standard InChI is InChI=1S/C26H22ClN3O3S/c1-16-20-11-23(31-2)24(32-3)12-22(20)30(13-17-4-6-19(27)7-5-17)14-21(16)26-28-25(33-29-26)10-18-8-9-34-15-18/h4-9,11-12,14-15H,1,10,13H2,2-3H3. The third kappa shape index (κ3) is 4.32. The zero-order chi connectivity index (χ0) is 23.7. The topological polar surface area (TPSA) is 60.6 Å². The molecule has 6 nitrogen and oxygen atoms in total. The molecule has 0 fully saturated rings. The zero-order valence-electron chi connectivity index (χ0n) is 18.7. The minimum Gasteiger partial charge on any atom is -0.493 e. The molecule has 0 radical (unpaired) electrons. The van der Waals surface area contributed by atoms with E-state index in [1.165, 1.54) is 0 Å². The van der Waals surface area contributed by atoms with Crippen LogP contribution in [-0.4, -0.2) is 24.4 Å². The van der Waals surface area contributed by atoms with E-state index in [-0.39, 0.29) is 0 Å². The van der Waals surface area contributed by atoms with Gasteiger partial charge in [0.15, 0.2) is 11.5 Å². The number of fused-ring (bicyclic) bond motifs is 1. The minimum absolute atomic E-state index is 0.497. The van der Waals surface area contributed by atoms with Gasteiger partial charge in [0.2, 0.25) is 11.7 Å². The molecule has 3 heterocycles. The van der Waals surface area contributed by atoms with E-state index in [2.05, 4.69) is 33.1 Å². The largest absolute Gasteiger partial charge is 0.493 e. The van der Waals surface area contributed by atoms with Gasteiger partial charge in [0.25, 0.3) is 0 Å². The predicted octanol–water partition coefficient (Wildman–Crippen LogP) is 6.47. The second-order valence-corrected chi connectivity index (χ2v) is 9.04. The van der Waals surface area contributed by atoms with Gasteiger partial charge in [-0.3, -0.25) is 0 Å². The Morgan fingerprint density at radius 1 is 1.06 bits per heavy atom. The number of hydrogen-bond donors (Lipinski definition) is 0. The van der Waals surface area contributed by atoms with Crippen molar-refractivity contribution in [3.05, 3.63) is 99.4 Å². The fourth-order valence-corrected chi connectivity index (χ4v) is 4.70. The summed E-state index contributed by atoms with van der Waals surface area (Å²) in [5, 5.41) is 9.07. The predicted molar refractivity (Wildman–Crippen MR) is 136 cm³/mol. The lowest BCUT2D eigenvalue weighted by Gasteiger charge is -2.31. The average molecular weight is 492 g/mol. The molecular formula is C26H22ClN3O3S. The van der Waals surface area contributed by atoms with E-state index in [1.807, 2.05) is 48.0 Å². The number of anilines is 1. The number of halogens is 1. The molecule has 0 atom stereocenters. The molecule has 5 rings (SSSR count). The van der Waals surface area contributed by atoms with Crippen molar-refractivity contribution >= 4 is 39.8 Å². The van der Waals surface area contributed by atoms with Gasteiger partial charge in [0.05, 0.1) is 26.3 Å². The van der Waals surface area contributed by atoms with Crippen molar-refractivity contribution in [3.8, 4) is 11.5 Å². The van der Waals surface area contributed by atoms with Crippen LogP contribution in [0.25, 0.3) is 11.1 Å². The molecule has 2 aromatic carbocycles. The van der Waals surface area contributed by atoms with Crippen LogP contribution in [0.5, 0.6) is 11.5 Å². The number of thiophene rings is 1. The van der Waals surface area contributed by atoms with Gasteiger partial charge in [-0.1, -0.05) is 35.5 Å². The molecular weight excluding hydrogens is 470 g/mol. The minimum atomic E-state index is 0.497. The molecule has 0 saturated carbocycles. The number of ether oxygens (including phenoxy) is 2. The smallest absolute Gasteiger partial charge is 0.231 e. The van der Waals surface area contributed by atoms with Crippen molar-refractivity contribution in [2.45, 2.75) is 13.0 Å². The summed E-state index contributed by atoms with van der Waals surface area (Å²) < 4.78 is 16.7. The molecule has 4 aromatic rings. The van der Waals surface area contributed by atoms with E-state index in [0.717, 1.165) is 33.5 Å². The Morgan fingerprint density at radius 2 is 1.82 bits per heavy atom. The van der Waals surface area contributed by atoms with E-state index in [4.69, 9.17) is 25.6 Å². The number of rotatable bonds is 7. The lowest BCUT2D eigenvalue weighted by molar-refractivity contribution is 0.355. The molecule has 0 saturated heterocycles. The highest BCUT2D eigenvalue weighted by molar-refractivity contribution is 7.07. The molecule has 0 unspecified atom stereocenters. The second kappa shape index (κ2) is 9.37. The maximum Gasteiger partial charge on any atom is 0.231 e. The van der Waals surface area contributed by atoms with E-state index >= 15 is 0 Å². The highest BCUT2D eigenvalue weighted by atomic mass is 35.5. The monoisotopic (exact) mass is 491 g/mol. The Labute approximate surface area is 206 Å². The molecule has 0 bridgehead atoms. The van der Waals surface area contributed by atoms with Crippen molar-refractivity contribution in [2.24, 2.45) is 0 Å². The van der Waals surface area contributed by atoms with Gasteiger partial charge in [-0.15, -0.1) is 0 Å². The van der Waals surface area contributed by atoms with E-state index in [0.29, 0.717) is 41.2 Å². The molecule has 0 amide bonds. The molecule has 0 spiro atoms. The van der Waals surface area contributed by atoms with E-state index in [1.54, 1.807) is 25.6 Å². The zero-order valence-corrected chi connectivity index (χ0v) is 20.3. The van der Waals surface area contributed by atoms with Crippen LogP contribution in [0.4, 0.5) is 5.69 Å². The Balaban J connectivity index is 1.56. The van der Waals surface area contributed by atoms with Gasteiger partial charge in [0, 0.05) is 35.0 Å². The second-order valence-electron chi connectivity index (χ2n) is 7.82. The normalized spacial score (nSPS) is 13.0. The Hall–Kier alpha value is -3.55. The molecule has 0 aliphatic carbocycles. The summed E-state index contributed by atoms with van der Waals surface area (Å²) >= 11 is 7.73. The quantitative estimate of drug-likeness (QED) is 0.295. The Bertz CT molecular complexity index is 1360. The van der Waals surface area contributed by atoms with E-state index < -0.39 is 0 Å². The van der Waals surface area contributed by atoms with Crippen LogP contribution in [0.15, 0.2) is 70.5 Å². The highest BCUT2D eigenvalue weighted by Crippen LogP contribution is 2.45. The van der Waals surface area contributed by atoms with Gasteiger partial charge in [-0.25, -0.2) is 0 Å². The SMILES string of the molecule is C=C1C(c2noc(Cc3ccsc3)n2)=CN(Cc2ccc(Cl)cc2)c2cc(OC)c(OC)cc21. The van der Waals surface area contributed by atoms with Crippen LogP contribution < -0.4 is 14.4 Å². The van der Waals surface area contributed by atoms with Gasteiger partial charge in [0.1, 0.15) is 0 Å². The fraction of sp³-hybridized carbons (Fsp3) is 0.154. The number of methoxy groups -OCH3 is 2. The third-order valence-electron chi connectivity index (χ3n) is 5.66. The first-order valence-corrected chi connectivity index (χ1v) is 11.9. The summed E-state index contributed by atoms with van der Waals surface area (Å²) in [5.41, 5.74) is 5.67. The van der Waals surface area contributed by atoms with Crippen molar-refractivity contribution in [1.29, 1.82) is 0 Å². The van der Waals surface area contributed by atoms with Crippen molar-refractivity contribution in [3.63, 3.8) is 0 Å². The van der Waals surface area contributed by atoms with Crippen LogP contribution in [0.1, 0.15) is 28.4 Å². The lowest BCUT2D eigenvalue weighted by atomic mass is 9.93. The first-order valence-electron chi connectivity index (χ1n) is 10.6. The van der Waals surface area contributed by atoms with Gasteiger partial charge >= 0.3 is 0 Å². The van der Waals surface area contributed by atoms with Gasteiger partial charge in [-0.2, -0.15) is 16.3 Å². The Morgan fingerprint density at radius 3 is 2.53 bits per heavy atom. The molecule has 1 aliphatic heterocycles.